The first-order valence-electron chi connectivity index (χ1n) is 9.03. The van der Waals surface area contributed by atoms with Gasteiger partial charge in [0, 0.05) is 28.5 Å². The van der Waals surface area contributed by atoms with Crippen LogP contribution in [0.1, 0.15) is 16.9 Å². The minimum atomic E-state index is -0.550. The number of aromatic nitrogens is 1. The Morgan fingerprint density at radius 2 is 1.86 bits per heavy atom. The van der Waals surface area contributed by atoms with Crippen molar-refractivity contribution < 1.29 is 14.4 Å². The molecule has 0 radical (unpaired) electrons. The second kappa shape index (κ2) is 8.00. The van der Waals surface area contributed by atoms with Crippen LogP contribution in [0.2, 0.25) is 0 Å². The largest absolute Gasteiger partial charge is 0.312 e. The summed E-state index contributed by atoms with van der Waals surface area (Å²) in [7, 11) is 0. The molecule has 1 atom stereocenters. The molecule has 3 aromatic rings. The molecule has 7 nitrogen and oxygen atoms in total. The van der Waals surface area contributed by atoms with Crippen molar-refractivity contribution in [3.8, 4) is 0 Å². The number of anilines is 1. The molecule has 1 fully saturated rings. The third-order valence-corrected chi connectivity index (χ3v) is 5.24. The average molecular weight is 453 g/mol. The second-order valence-electron chi connectivity index (χ2n) is 6.72. The highest BCUT2D eigenvalue weighted by Crippen LogP contribution is 2.27. The highest BCUT2D eigenvalue weighted by atomic mass is 79.9. The minimum absolute atomic E-state index is 0.0858. The number of para-hydroxylation sites is 1. The van der Waals surface area contributed by atoms with Crippen LogP contribution in [0, 0.1) is 5.92 Å². The van der Waals surface area contributed by atoms with Gasteiger partial charge in [0.25, 0.3) is 5.91 Å². The van der Waals surface area contributed by atoms with Crippen LogP contribution in [0.25, 0.3) is 10.9 Å². The Balaban J connectivity index is 1.38. The number of hydrogen-bond donors (Lipinski definition) is 2. The van der Waals surface area contributed by atoms with Crippen molar-refractivity contribution in [3.63, 3.8) is 0 Å². The van der Waals surface area contributed by atoms with Gasteiger partial charge >= 0.3 is 0 Å². The van der Waals surface area contributed by atoms with Crippen LogP contribution in [-0.2, 0) is 9.59 Å². The van der Waals surface area contributed by atoms with Gasteiger partial charge in [-0.25, -0.2) is 4.98 Å². The third kappa shape index (κ3) is 4.12. The van der Waals surface area contributed by atoms with E-state index in [4.69, 9.17) is 0 Å². The Labute approximate surface area is 175 Å². The van der Waals surface area contributed by atoms with Crippen LogP contribution < -0.4 is 15.8 Å². The molecule has 2 N–H and O–H groups in total. The predicted molar refractivity (Wildman–Crippen MR) is 112 cm³/mol. The molecular formula is C21H17BrN4O3. The van der Waals surface area contributed by atoms with Gasteiger partial charge in [-0.15, -0.1) is 0 Å². The Morgan fingerprint density at radius 1 is 1.03 bits per heavy atom. The van der Waals surface area contributed by atoms with E-state index in [-0.39, 0.29) is 24.6 Å². The summed E-state index contributed by atoms with van der Waals surface area (Å²) in [6, 6.07) is 18.2. The Hall–Kier alpha value is -3.26. The number of halogens is 1. The molecule has 2 heterocycles. The lowest BCUT2D eigenvalue weighted by molar-refractivity contribution is -0.126. The van der Waals surface area contributed by atoms with Gasteiger partial charge in [0.15, 0.2) is 0 Å². The number of nitrogens with zero attached hydrogens (tertiary/aromatic N) is 2. The topological polar surface area (TPSA) is 91.4 Å². The molecule has 8 heteroatoms. The molecule has 1 aliphatic heterocycles. The molecule has 0 bridgehead atoms. The fourth-order valence-corrected chi connectivity index (χ4v) is 3.64. The van der Waals surface area contributed by atoms with Crippen molar-refractivity contribution >= 4 is 50.2 Å². The highest BCUT2D eigenvalue weighted by Gasteiger charge is 2.35. The van der Waals surface area contributed by atoms with Crippen molar-refractivity contribution in [2.24, 2.45) is 5.92 Å². The summed E-state index contributed by atoms with van der Waals surface area (Å²) >= 11 is 3.38. The Bertz CT molecular complexity index is 1120. The zero-order valence-corrected chi connectivity index (χ0v) is 16.8. The summed E-state index contributed by atoms with van der Waals surface area (Å²) in [5.74, 6) is -1.61. The van der Waals surface area contributed by atoms with Gasteiger partial charge in [0.1, 0.15) is 5.69 Å². The molecular weight excluding hydrogens is 436 g/mol. The van der Waals surface area contributed by atoms with Crippen molar-refractivity contribution in [1.82, 2.24) is 15.8 Å². The Kier molecular flexibility index (Phi) is 5.26. The van der Waals surface area contributed by atoms with Crippen molar-refractivity contribution in [2.75, 3.05) is 11.4 Å². The monoisotopic (exact) mass is 452 g/mol. The van der Waals surface area contributed by atoms with E-state index in [1.807, 2.05) is 48.5 Å². The SMILES string of the molecule is O=C(NNC(=O)[C@H]1CC(=O)N(c2cccc(Br)c2)C1)c1ccc2ccccc2n1. The molecule has 146 valence electrons. The van der Waals surface area contributed by atoms with Crippen LogP contribution in [0.4, 0.5) is 5.69 Å². The number of carbonyl (C=O) groups is 3. The summed E-state index contributed by atoms with van der Waals surface area (Å²) in [6.45, 7) is 0.255. The lowest BCUT2D eigenvalue weighted by Gasteiger charge is -2.17. The van der Waals surface area contributed by atoms with Crippen LogP contribution >= 0.6 is 15.9 Å². The molecule has 4 rings (SSSR count). The molecule has 0 saturated carbocycles. The number of fused-ring (bicyclic) bond motifs is 1. The van der Waals surface area contributed by atoms with Gasteiger partial charge in [0.05, 0.1) is 11.4 Å². The third-order valence-electron chi connectivity index (χ3n) is 4.75. The summed E-state index contributed by atoms with van der Waals surface area (Å²) < 4.78 is 0.853. The lowest BCUT2D eigenvalue weighted by Crippen LogP contribution is -2.45. The number of pyridine rings is 1. The van der Waals surface area contributed by atoms with E-state index in [9.17, 15) is 14.4 Å². The number of amides is 3. The quantitative estimate of drug-likeness (QED) is 0.597. The smallest absolute Gasteiger partial charge is 0.288 e. The van der Waals surface area contributed by atoms with Gasteiger partial charge in [0.2, 0.25) is 11.8 Å². The van der Waals surface area contributed by atoms with E-state index < -0.39 is 17.7 Å². The van der Waals surface area contributed by atoms with E-state index in [0.29, 0.717) is 5.52 Å². The second-order valence-corrected chi connectivity index (χ2v) is 7.63. The van der Waals surface area contributed by atoms with Gasteiger partial charge in [-0.05, 0) is 30.3 Å². The number of benzene rings is 2. The minimum Gasteiger partial charge on any atom is -0.312 e. The Morgan fingerprint density at radius 3 is 2.69 bits per heavy atom. The lowest BCUT2D eigenvalue weighted by atomic mass is 10.1. The van der Waals surface area contributed by atoms with Gasteiger partial charge < -0.3 is 4.90 Å². The maximum Gasteiger partial charge on any atom is 0.288 e. The molecule has 2 aromatic carbocycles. The molecule has 1 aromatic heterocycles. The number of hydrazine groups is 1. The van der Waals surface area contributed by atoms with E-state index in [1.165, 1.54) is 0 Å². The standard InChI is InChI=1S/C21H17BrN4O3/c22-15-5-3-6-16(11-15)26-12-14(10-19(26)27)20(28)24-25-21(29)18-9-8-13-4-1-2-7-17(13)23-18/h1-9,11,14H,10,12H2,(H,24,28)(H,25,29)/t14-/m0/s1. The molecule has 0 unspecified atom stereocenters. The van der Waals surface area contributed by atoms with E-state index in [1.54, 1.807) is 17.0 Å². The summed E-state index contributed by atoms with van der Waals surface area (Å²) in [5.41, 5.74) is 6.40. The first kappa shape index (κ1) is 19.1. The average Bonchev–Trinajstić information content (AvgIpc) is 3.13. The van der Waals surface area contributed by atoms with E-state index in [2.05, 4.69) is 31.8 Å². The fourth-order valence-electron chi connectivity index (χ4n) is 3.25. The van der Waals surface area contributed by atoms with Gasteiger partial charge in [-0.2, -0.15) is 0 Å². The predicted octanol–water partition coefficient (Wildman–Crippen LogP) is 2.81. The molecule has 1 saturated heterocycles. The number of carbonyl (C=O) groups excluding carboxylic acids is 3. The fraction of sp³-hybridized carbons (Fsp3) is 0.143. The number of rotatable bonds is 3. The number of hydrogen-bond acceptors (Lipinski definition) is 4. The normalized spacial score (nSPS) is 16.1. The molecule has 0 spiro atoms. The molecule has 29 heavy (non-hydrogen) atoms. The number of nitrogens with one attached hydrogen (secondary N) is 2. The molecule has 3 amide bonds. The van der Waals surface area contributed by atoms with Gasteiger partial charge in [-0.3, -0.25) is 25.2 Å². The van der Waals surface area contributed by atoms with Crippen molar-refractivity contribution in [1.29, 1.82) is 0 Å². The summed E-state index contributed by atoms with van der Waals surface area (Å²) in [6.07, 6.45) is 0.0858. The summed E-state index contributed by atoms with van der Waals surface area (Å²) in [4.78, 5) is 43.0. The summed E-state index contributed by atoms with van der Waals surface area (Å²) in [5, 5.41) is 0.921. The van der Waals surface area contributed by atoms with Crippen molar-refractivity contribution in [2.45, 2.75) is 6.42 Å². The van der Waals surface area contributed by atoms with Crippen molar-refractivity contribution in [3.05, 3.63) is 70.8 Å². The van der Waals surface area contributed by atoms with E-state index >= 15 is 0 Å². The van der Waals surface area contributed by atoms with Crippen LogP contribution in [0.15, 0.2) is 65.1 Å². The molecule has 1 aliphatic rings. The van der Waals surface area contributed by atoms with Crippen LogP contribution in [0.5, 0.6) is 0 Å². The zero-order chi connectivity index (χ0) is 20.4. The maximum atomic E-state index is 12.4. The van der Waals surface area contributed by atoms with Crippen LogP contribution in [0.3, 0.4) is 0 Å². The van der Waals surface area contributed by atoms with E-state index in [0.717, 1.165) is 15.5 Å². The first-order chi connectivity index (χ1) is 14.0. The van der Waals surface area contributed by atoms with Gasteiger partial charge in [-0.1, -0.05) is 46.3 Å². The zero-order valence-electron chi connectivity index (χ0n) is 15.3. The maximum absolute atomic E-state index is 12.4. The highest BCUT2D eigenvalue weighted by molar-refractivity contribution is 9.10. The van der Waals surface area contributed by atoms with Crippen LogP contribution in [-0.4, -0.2) is 29.3 Å². The molecule has 0 aliphatic carbocycles. The first-order valence-corrected chi connectivity index (χ1v) is 9.82.